The van der Waals surface area contributed by atoms with Crippen molar-refractivity contribution in [1.29, 1.82) is 0 Å². The standard InChI is InChI=1S/C21H16F3N5O2/c22-21(23,24)13-3-6-16(30)12(9-13)10-17(31)27-14-4-1-11(2-5-14)15-7-8-26-20-18(15)19(25)28-29-20/h1-9,30H,10H2,(H,27,31)(H3,25,26,28,29). The molecule has 7 nitrogen and oxygen atoms in total. The Labute approximate surface area is 173 Å². The number of carbonyl (C=O) groups excluding carboxylic acids is 1. The van der Waals surface area contributed by atoms with Gasteiger partial charge in [0, 0.05) is 17.4 Å². The highest BCUT2D eigenvalue weighted by Gasteiger charge is 2.31. The number of hydrogen-bond acceptors (Lipinski definition) is 5. The third-order valence-corrected chi connectivity index (χ3v) is 4.72. The zero-order chi connectivity index (χ0) is 22.2. The number of nitrogen functional groups attached to an aromatic ring is 1. The Morgan fingerprint density at radius 2 is 1.87 bits per heavy atom. The van der Waals surface area contributed by atoms with E-state index < -0.39 is 24.1 Å². The molecule has 2 aromatic carbocycles. The molecule has 0 spiro atoms. The second kappa shape index (κ2) is 7.63. The minimum Gasteiger partial charge on any atom is -0.508 e. The zero-order valence-electron chi connectivity index (χ0n) is 15.9. The molecule has 10 heteroatoms. The molecular formula is C21H16F3N5O2. The number of phenolic OH excluding ortho intramolecular Hbond substituents is 1. The smallest absolute Gasteiger partial charge is 0.416 e. The summed E-state index contributed by atoms with van der Waals surface area (Å²) >= 11 is 0. The van der Waals surface area contributed by atoms with Crippen molar-refractivity contribution in [3.63, 3.8) is 0 Å². The number of nitrogens with one attached hydrogen (secondary N) is 2. The van der Waals surface area contributed by atoms with Gasteiger partial charge in [-0.15, -0.1) is 0 Å². The Morgan fingerprint density at radius 3 is 2.58 bits per heavy atom. The van der Waals surface area contributed by atoms with Crippen LogP contribution in [-0.4, -0.2) is 26.2 Å². The van der Waals surface area contributed by atoms with Crippen LogP contribution in [0.5, 0.6) is 5.75 Å². The fraction of sp³-hybridized carbons (Fsp3) is 0.0952. The van der Waals surface area contributed by atoms with Crippen LogP contribution in [0.2, 0.25) is 0 Å². The molecule has 31 heavy (non-hydrogen) atoms. The number of anilines is 2. The summed E-state index contributed by atoms with van der Waals surface area (Å²) in [6.45, 7) is 0. The Balaban J connectivity index is 1.51. The van der Waals surface area contributed by atoms with Gasteiger partial charge < -0.3 is 16.2 Å². The monoisotopic (exact) mass is 427 g/mol. The first-order valence-corrected chi connectivity index (χ1v) is 9.10. The molecule has 0 aliphatic rings. The first kappa shape index (κ1) is 20.2. The van der Waals surface area contributed by atoms with Crippen molar-refractivity contribution in [1.82, 2.24) is 15.2 Å². The SMILES string of the molecule is Nc1[nH]nc2nccc(-c3ccc(NC(=O)Cc4cc(C(F)(F)F)ccc4O)cc3)c12. The summed E-state index contributed by atoms with van der Waals surface area (Å²) in [5.41, 5.74) is 7.44. The Kier molecular flexibility index (Phi) is 4.97. The molecule has 2 heterocycles. The second-order valence-electron chi connectivity index (χ2n) is 6.84. The summed E-state index contributed by atoms with van der Waals surface area (Å²) in [5, 5.41) is 19.8. The Bertz CT molecular complexity index is 1270. The number of aromatic nitrogens is 3. The maximum atomic E-state index is 12.9. The normalized spacial score (nSPS) is 11.6. The van der Waals surface area contributed by atoms with Crippen LogP contribution in [0.3, 0.4) is 0 Å². The summed E-state index contributed by atoms with van der Waals surface area (Å²) in [5.74, 6) is -0.554. The predicted molar refractivity (Wildman–Crippen MR) is 109 cm³/mol. The van der Waals surface area contributed by atoms with Crippen molar-refractivity contribution in [2.75, 3.05) is 11.1 Å². The molecule has 0 atom stereocenters. The van der Waals surface area contributed by atoms with E-state index in [1.54, 1.807) is 36.5 Å². The van der Waals surface area contributed by atoms with Gasteiger partial charge in [-0.25, -0.2) is 4.98 Å². The lowest BCUT2D eigenvalue weighted by Crippen LogP contribution is -2.15. The van der Waals surface area contributed by atoms with E-state index in [0.29, 0.717) is 22.5 Å². The van der Waals surface area contributed by atoms with Gasteiger partial charge in [-0.2, -0.15) is 18.3 Å². The Hall–Kier alpha value is -4.08. The van der Waals surface area contributed by atoms with E-state index in [4.69, 9.17) is 5.73 Å². The third kappa shape index (κ3) is 4.13. The number of hydrogen-bond donors (Lipinski definition) is 4. The van der Waals surface area contributed by atoms with E-state index >= 15 is 0 Å². The van der Waals surface area contributed by atoms with Crippen LogP contribution in [0.25, 0.3) is 22.2 Å². The number of aromatic amines is 1. The van der Waals surface area contributed by atoms with Crippen LogP contribution in [-0.2, 0) is 17.4 Å². The number of fused-ring (bicyclic) bond motifs is 1. The average molecular weight is 427 g/mol. The first-order valence-electron chi connectivity index (χ1n) is 9.10. The van der Waals surface area contributed by atoms with Crippen LogP contribution in [0.1, 0.15) is 11.1 Å². The van der Waals surface area contributed by atoms with E-state index in [9.17, 15) is 23.1 Å². The number of nitrogens with zero attached hydrogens (tertiary/aromatic N) is 2. The number of phenols is 1. The molecule has 158 valence electrons. The van der Waals surface area contributed by atoms with Crippen molar-refractivity contribution >= 4 is 28.4 Å². The molecule has 1 amide bonds. The highest BCUT2D eigenvalue weighted by Crippen LogP contribution is 2.33. The van der Waals surface area contributed by atoms with Crippen molar-refractivity contribution < 1.29 is 23.1 Å². The summed E-state index contributed by atoms with van der Waals surface area (Å²) < 4.78 is 38.6. The van der Waals surface area contributed by atoms with Crippen LogP contribution < -0.4 is 11.1 Å². The molecule has 0 fully saturated rings. The zero-order valence-corrected chi connectivity index (χ0v) is 15.9. The molecule has 4 rings (SSSR count). The number of rotatable bonds is 4. The van der Waals surface area contributed by atoms with Crippen molar-refractivity contribution in [3.05, 3.63) is 65.9 Å². The number of nitrogens with two attached hydrogens (primary N) is 1. The fourth-order valence-corrected chi connectivity index (χ4v) is 3.23. The lowest BCUT2D eigenvalue weighted by atomic mass is 10.0. The van der Waals surface area contributed by atoms with E-state index in [-0.39, 0.29) is 11.3 Å². The number of alkyl halides is 3. The molecule has 0 radical (unpaired) electrons. The number of pyridine rings is 1. The number of carbonyl (C=O) groups is 1. The van der Waals surface area contributed by atoms with Gasteiger partial charge >= 0.3 is 6.18 Å². The lowest BCUT2D eigenvalue weighted by molar-refractivity contribution is -0.137. The van der Waals surface area contributed by atoms with Gasteiger partial charge in [-0.1, -0.05) is 12.1 Å². The van der Waals surface area contributed by atoms with E-state index in [1.165, 1.54) is 0 Å². The highest BCUT2D eigenvalue weighted by atomic mass is 19.4. The highest BCUT2D eigenvalue weighted by molar-refractivity contribution is 6.00. The van der Waals surface area contributed by atoms with Gasteiger partial charge in [0.15, 0.2) is 5.65 Å². The molecule has 0 bridgehead atoms. The molecule has 2 aromatic heterocycles. The van der Waals surface area contributed by atoms with Crippen LogP contribution >= 0.6 is 0 Å². The molecule has 0 aliphatic carbocycles. The van der Waals surface area contributed by atoms with E-state index in [2.05, 4.69) is 20.5 Å². The fourth-order valence-electron chi connectivity index (χ4n) is 3.23. The van der Waals surface area contributed by atoms with Crippen molar-refractivity contribution in [2.24, 2.45) is 0 Å². The Morgan fingerprint density at radius 1 is 1.13 bits per heavy atom. The maximum absolute atomic E-state index is 12.9. The topological polar surface area (TPSA) is 117 Å². The summed E-state index contributed by atoms with van der Waals surface area (Å²) in [4.78, 5) is 16.4. The minimum atomic E-state index is -4.56. The van der Waals surface area contributed by atoms with Gasteiger partial charge in [0.2, 0.25) is 5.91 Å². The lowest BCUT2D eigenvalue weighted by Gasteiger charge is -2.11. The molecule has 5 N–H and O–H groups in total. The summed E-state index contributed by atoms with van der Waals surface area (Å²) in [7, 11) is 0. The summed E-state index contributed by atoms with van der Waals surface area (Å²) in [6.07, 6.45) is -3.37. The van der Waals surface area contributed by atoms with Gasteiger partial charge in [-0.3, -0.25) is 9.89 Å². The molecule has 0 saturated carbocycles. The minimum absolute atomic E-state index is 0.112. The van der Waals surface area contributed by atoms with Crippen LogP contribution in [0, 0.1) is 0 Å². The number of amides is 1. The summed E-state index contributed by atoms with van der Waals surface area (Å²) in [6, 6.07) is 11.1. The predicted octanol–water partition coefficient (Wildman–Crippen LogP) is 4.11. The van der Waals surface area contributed by atoms with Crippen molar-refractivity contribution in [2.45, 2.75) is 12.6 Å². The molecule has 0 unspecified atom stereocenters. The van der Waals surface area contributed by atoms with E-state index in [1.807, 2.05) is 0 Å². The van der Waals surface area contributed by atoms with Crippen LogP contribution in [0.15, 0.2) is 54.7 Å². The molecule has 0 saturated heterocycles. The van der Waals surface area contributed by atoms with Crippen LogP contribution in [0.4, 0.5) is 24.7 Å². The number of aromatic hydroxyl groups is 1. The first-order chi connectivity index (χ1) is 14.7. The third-order valence-electron chi connectivity index (χ3n) is 4.72. The molecule has 4 aromatic rings. The molecule has 0 aliphatic heterocycles. The van der Waals surface area contributed by atoms with Gasteiger partial charge in [0.1, 0.15) is 11.6 Å². The van der Waals surface area contributed by atoms with Gasteiger partial charge in [-0.05, 0) is 47.5 Å². The van der Waals surface area contributed by atoms with Gasteiger partial charge in [0.25, 0.3) is 0 Å². The average Bonchev–Trinajstić information content (AvgIpc) is 3.10. The molecular weight excluding hydrogens is 411 g/mol. The van der Waals surface area contributed by atoms with E-state index in [0.717, 1.165) is 29.3 Å². The van der Waals surface area contributed by atoms with Gasteiger partial charge in [0.05, 0.1) is 17.4 Å². The largest absolute Gasteiger partial charge is 0.508 e. The quantitative estimate of drug-likeness (QED) is 0.391. The number of H-pyrrole nitrogens is 1. The number of halogens is 3. The number of benzene rings is 2. The second-order valence-corrected chi connectivity index (χ2v) is 6.84. The van der Waals surface area contributed by atoms with Crippen molar-refractivity contribution in [3.8, 4) is 16.9 Å². The maximum Gasteiger partial charge on any atom is 0.416 e.